The number of para-hydroxylation sites is 1. The van der Waals surface area contributed by atoms with Gasteiger partial charge >= 0.3 is 0 Å². The van der Waals surface area contributed by atoms with E-state index in [0.29, 0.717) is 22.9 Å². The quantitative estimate of drug-likeness (QED) is 0.449. The molecule has 1 aliphatic rings. The highest BCUT2D eigenvalue weighted by Gasteiger charge is 2.35. The number of nitrogens with zero attached hydrogens (tertiary/aromatic N) is 5. The van der Waals surface area contributed by atoms with Gasteiger partial charge in [-0.15, -0.1) is 0 Å². The van der Waals surface area contributed by atoms with E-state index in [-0.39, 0.29) is 17.8 Å². The molecule has 4 rings (SSSR count). The van der Waals surface area contributed by atoms with Gasteiger partial charge in [-0.1, -0.05) is 18.2 Å². The number of carbonyl (C=O) groups excluding carboxylic acids is 2. The SMILES string of the molecule is Cc1cc(NC(=O)C2=NN(c3ccccc3)C(C(N)=O)C2)n(-c2ccc([N+](=O)[O-])cc2)n1. The van der Waals surface area contributed by atoms with Crippen molar-refractivity contribution in [3.63, 3.8) is 0 Å². The predicted octanol–water partition coefficient (Wildman–Crippen LogP) is 2.15. The number of hydrogen-bond donors (Lipinski definition) is 2. The van der Waals surface area contributed by atoms with Crippen molar-refractivity contribution in [3.8, 4) is 5.69 Å². The highest BCUT2D eigenvalue weighted by atomic mass is 16.6. The Morgan fingerprint density at radius 2 is 1.81 bits per heavy atom. The van der Waals surface area contributed by atoms with Crippen LogP contribution in [0.4, 0.5) is 17.2 Å². The van der Waals surface area contributed by atoms with E-state index in [2.05, 4.69) is 15.5 Å². The average Bonchev–Trinajstić information content (AvgIpc) is 3.38. The summed E-state index contributed by atoms with van der Waals surface area (Å²) in [5, 5.41) is 23.8. The van der Waals surface area contributed by atoms with Gasteiger partial charge in [0.25, 0.3) is 11.6 Å². The molecule has 0 saturated heterocycles. The molecule has 2 amide bonds. The van der Waals surface area contributed by atoms with Crippen LogP contribution in [0.2, 0.25) is 0 Å². The number of non-ortho nitro benzene ring substituents is 1. The lowest BCUT2D eigenvalue weighted by atomic mass is 10.1. The Hall–Kier alpha value is -4.54. The molecule has 0 bridgehead atoms. The molecule has 1 unspecified atom stereocenters. The van der Waals surface area contributed by atoms with Gasteiger partial charge in [-0.2, -0.15) is 10.2 Å². The maximum atomic E-state index is 12.9. The van der Waals surface area contributed by atoms with Gasteiger partial charge in [-0.25, -0.2) is 4.68 Å². The number of primary amides is 1. The van der Waals surface area contributed by atoms with Gasteiger partial charge in [-0.05, 0) is 31.2 Å². The maximum absolute atomic E-state index is 12.9. The summed E-state index contributed by atoms with van der Waals surface area (Å²) in [5.41, 5.74) is 7.43. The fourth-order valence-electron chi connectivity index (χ4n) is 3.38. The Morgan fingerprint density at radius 3 is 2.44 bits per heavy atom. The molecule has 3 N–H and O–H groups in total. The monoisotopic (exact) mass is 433 g/mol. The van der Waals surface area contributed by atoms with E-state index in [1.165, 1.54) is 34.0 Å². The minimum absolute atomic E-state index is 0.0537. The smallest absolute Gasteiger partial charge is 0.273 e. The summed E-state index contributed by atoms with van der Waals surface area (Å²) in [7, 11) is 0. The Labute approximate surface area is 182 Å². The molecule has 2 heterocycles. The summed E-state index contributed by atoms with van der Waals surface area (Å²) < 4.78 is 1.47. The molecule has 0 fully saturated rings. The number of hydrazone groups is 1. The second-order valence-electron chi connectivity index (χ2n) is 7.16. The lowest BCUT2D eigenvalue weighted by Gasteiger charge is -2.20. The first-order chi connectivity index (χ1) is 15.3. The Bertz CT molecular complexity index is 1220. The van der Waals surface area contributed by atoms with Crippen molar-refractivity contribution in [1.82, 2.24) is 9.78 Å². The first-order valence-electron chi connectivity index (χ1n) is 9.67. The first-order valence-corrected chi connectivity index (χ1v) is 9.67. The van der Waals surface area contributed by atoms with Crippen molar-refractivity contribution >= 4 is 34.7 Å². The van der Waals surface area contributed by atoms with Gasteiger partial charge in [0, 0.05) is 24.6 Å². The lowest BCUT2D eigenvalue weighted by Crippen LogP contribution is -2.39. The molecule has 1 aliphatic heterocycles. The normalized spacial score (nSPS) is 15.3. The van der Waals surface area contributed by atoms with Crippen LogP contribution in [0.1, 0.15) is 12.1 Å². The summed E-state index contributed by atoms with van der Waals surface area (Å²) >= 11 is 0. The van der Waals surface area contributed by atoms with E-state index >= 15 is 0 Å². The van der Waals surface area contributed by atoms with Gasteiger partial charge in [0.05, 0.1) is 22.0 Å². The molecule has 0 saturated carbocycles. The third kappa shape index (κ3) is 4.03. The number of nitro groups is 1. The summed E-state index contributed by atoms with van der Waals surface area (Å²) in [5.74, 6) is -0.734. The Balaban J connectivity index is 1.59. The zero-order valence-corrected chi connectivity index (χ0v) is 17.0. The molecule has 11 nitrogen and oxygen atoms in total. The topological polar surface area (TPSA) is 149 Å². The van der Waals surface area contributed by atoms with Gasteiger partial charge in [0.15, 0.2) is 0 Å². The van der Waals surface area contributed by atoms with Crippen LogP contribution in [0.15, 0.2) is 65.8 Å². The van der Waals surface area contributed by atoms with Crippen LogP contribution in [-0.4, -0.2) is 38.3 Å². The lowest BCUT2D eigenvalue weighted by molar-refractivity contribution is -0.384. The fourth-order valence-corrected chi connectivity index (χ4v) is 3.38. The van der Waals surface area contributed by atoms with E-state index in [1.54, 1.807) is 37.3 Å². The molecule has 0 radical (unpaired) electrons. The molecule has 0 spiro atoms. The zero-order chi connectivity index (χ0) is 22.8. The minimum Gasteiger partial charge on any atom is -0.368 e. The summed E-state index contributed by atoms with van der Waals surface area (Å²) in [6.07, 6.45) is 0.0563. The molecule has 1 atom stereocenters. The van der Waals surface area contributed by atoms with E-state index in [9.17, 15) is 19.7 Å². The number of rotatable bonds is 6. The third-order valence-corrected chi connectivity index (χ3v) is 4.90. The Kier molecular flexibility index (Phi) is 5.37. The number of nitrogens with one attached hydrogen (secondary N) is 1. The zero-order valence-electron chi connectivity index (χ0n) is 17.0. The van der Waals surface area contributed by atoms with Crippen LogP contribution in [-0.2, 0) is 9.59 Å². The first kappa shape index (κ1) is 20.7. The number of nitro benzene ring substituents is 1. The van der Waals surface area contributed by atoms with Gasteiger partial charge < -0.3 is 11.1 Å². The molecule has 162 valence electrons. The number of anilines is 2. The van der Waals surface area contributed by atoms with E-state index in [0.717, 1.165) is 0 Å². The van der Waals surface area contributed by atoms with Crippen LogP contribution in [0.3, 0.4) is 0 Å². The van der Waals surface area contributed by atoms with E-state index in [4.69, 9.17) is 5.73 Å². The molecule has 0 aliphatic carbocycles. The largest absolute Gasteiger partial charge is 0.368 e. The van der Waals surface area contributed by atoms with E-state index < -0.39 is 22.8 Å². The molecular formula is C21H19N7O4. The summed E-state index contributed by atoms with van der Waals surface area (Å²) in [6.45, 7) is 1.75. The predicted molar refractivity (Wildman–Crippen MR) is 118 cm³/mol. The van der Waals surface area contributed by atoms with Crippen molar-refractivity contribution in [2.75, 3.05) is 10.3 Å². The molecular weight excluding hydrogens is 414 g/mol. The van der Waals surface area contributed by atoms with Gasteiger partial charge in [-0.3, -0.25) is 24.7 Å². The number of carbonyl (C=O) groups is 2. The number of aromatic nitrogens is 2. The van der Waals surface area contributed by atoms with E-state index in [1.807, 2.05) is 6.07 Å². The number of benzene rings is 2. The third-order valence-electron chi connectivity index (χ3n) is 4.90. The second kappa shape index (κ2) is 8.30. The van der Waals surface area contributed by atoms with Gasteiger partial charge in [0.2, 0.25) is 5.91 Å². The number of hydrogen-bond acceptors (Lipinski definition) is 7. The van der Waals surface area contributed by atoms with Crippen molar-refractivity contribution in [3.05, 3.63) is 76.5 Å². The van der Waals surface area contributed by atoms with Crippen LogP contribution in [0.25, 0.3) is 5.69 Å². The summed E-state index contributed by atoms with van der Waals surface area (Å²) in [6, 6.07) is 15.6. The Morgan fingerprint density at radius 1 is 1.12 bits per heavy atom. The maximum Gasteiger partial charge on any atom is 0.273 e. The molecule has 1 aromatic heterocycles. The van der Waals surface area contributed by atoms with Crippen molar-refractivity contribution in [2.24, 2.45) is 10.8 Å². The van der Waals surface area contributed by atoms with Crippen molar-refractivity contribution < 1.29 is 14.5 Å². The minimum atomic E-state index is -0.778. The van der Waals surface area contributed by atoms with Crippen molar-refractivity contribution in [1.29, 1.82) is 0 Å². The van der Waals surface area contributed by atoms with Crippen LogP contribution in [0, 0.1) is 17.0 Å². The van der Waals surface area contributed by atoms with Gasteiger partial charge in [0.1, 0.15) is 17.6 Å². The second-order valence-corrected chi connectivity index (χ2v) is 7.16. The highest BCUT2D eigenvalue weighted by Crippen LogP contribution is 2.25. The number of amides is 2. The molecule has 32 heavy (non-hydrogen) atoms. The van der Waals surface area contributed by atoms with Crippen LogP contribution >= 0.6 is 0 Å². The molecule has 3 aromatic rings. The molecule has 11 heteroatoms. The average molecular weight is 433 g/mol. The standard InChI is InChI=1S/C21H19N7O4/c1-13-11-19(27(24-13)15-7-9-16(10-8-15)28(31)32)23-21(30)17-12-18(20(22)29)26(25-17)14-5-3-2-4-6-14/h2-11,18H,12H2,1H3,(H2,22,29)(H,23,30). The van der Waals surface area contributed by atoms with Crippen LogP contribution in [0.5, 0.6) is 0 Å². The highest BCUT2D eigenvalue weighted by molar-refractivity contribution is 6.44. The summed E-state index contributed by atoms with van der Waals surface area (Å²) in [4.78, 5) is 35.3. The number of nitrogens with two attached hydrogens (primary N) is 1. The van der Waals surface area contributed by atoms with Crippen molar-refractivity contribution in [2.45, 2.75) is 19.4 Å². The van der Waals surface area contributed by atoms with Crippen LogP contribution < -0.4 is 16.1 Å². The fraction of sp³-hybridized carbons (Fsp3) is 0.143. The molecule has 2 aromatic carbocycles. The number of aryl methyl sites for hydroxylation is 1.